The Morgan fingerprint density at radius 1 is 1.17 bits per heavy atom. The van der Waals surface area contributed by atoms with Crippen LogP contribution in [0.1, 0.15) is 50.2 Å². The lowest BCUT2D eigenvalue weighted by Gasteiger charge is -2.23. The Bertz CT molecular complexity index is 367. The van der Waals surface area contributed by atoms with Crippen LogP contribution in [0.2, 0.25) is 0 Å². The van der Waals surface area contributed by atoms with Crippen LogP contribution in [-0.2, 0) is 12.8 Å². The van der Waals surface area contributed by atoms with E-state index in [0.29, 0.717) is 0 Å². The number of hydrogen-bond donors (Lipinski definition) is 1. The molecule has 4 nitrogen and oxygen atoms in total. The molecule has 18 heavy (non-hydrogen) atoms. The minimum atomic E-state index is 0.792. The van der Waals surface area contributed by atoms with Gasteiger partial charge in [-0.3, -0.25) is 0 Å². The van der Waals surface area contributed by atoms with E-state index in [1.807, 2.05) is 0 Å². The molecule has 1 unspecified atom stereocenters. The summed E-state index contributed by atoms with van der Waals surface area (Å²) < 4.78 is 5.34. The number of hydrogen-bond acceptors (Lipinski definition) is 4. The van der Waals surface area contributed by atoms with Gasteiger partial charge >= 0.3 is 0 Å². The summed E-state index contributed by atoms with van der Waals surface area (Å²) in [4.78, 5) is 4.52. The van der Waals surface area contributed by atoms with Crippen LogP contribution in [0, 0.1) is 11.8 Å². The van der Waals surface area contributed by atoms with E-state index in [4.69, 9.17) is 4.52 Å². The van der Waals surface area contributed by atoms with Crippen molar-refractivity contribution in [1.29, 1.82) is 0 Å². The highest BCUT2D eigenvalue weighted by Crippen LogP contribution is 2.29. The van der Waals surface area contributed by atoms with E-state index < -0.39 is 0 Å². The van der Waals surface area contributed by atoms with E-state index in [1.165, 1.54) is 45.1 Å². The molecule has 1 aliphatic carbocycles. The quantitative estimate of drug-likeness (QED) is 0.870. The van der Waals surface area contributed by atoms with Gasteiger partial charge in [0.2, 0.25) is 5.89 Å². The second kappa shape index (κ2) is 5.83. The van der Waals surface area contributed by atoms with Crippen LogP contribution in [0.3, 0.4) is 0 Å². The van der Waals surface area contributed by atoms with Gasteiger partial charge in [-0.05, 0) is 44.2 Å². The van der Waals surface area contributed by atoms with Gasteiger partial charge in [0.15, 0.2) is 5.82 Å². The van der Waals surface area contributed by atoms with Gasteiger partial charge in [-0.25, -0.2) is 0 Å². The largest absolute Gasteiger partial charge is 0.339 e. The maximum Gasteiger partial charge on any atom is 0.226 e. The van der Waals surface area contributed by atoms with Crippen LogP contribution in [-0.4, -0.2) is 23.2 Å². The van der Waals surface area contributed by atoms with Crippen LogP contribution in [0.4, 0.5) is 0 Å². The van der Waals surface area contributed by atoms with E-state index in [1.54, 1.807) is 0 Å². The van der Waals surface area contributed by atoms with Gasteiger partial charge in [-0.1, -0.05) is 24.4 Å². The van der Waals surface area contributed by atoms with Crippen molar-refractivity contribution in [1.82, 2.24) is 15.5 Å². The number of nitrogens with one attached hydrogen (secondary N) is 1. The molecule has 0 bridgehead atoms. The van der Waals surface area contributed by atoms with Crippen LogP contribution in [0.25, 0.3) is 0 Å². The van der Waals surface area contributed by atoms with Crippen LogP contribution in [0.15, 0.2) is 4.52 Å². The van der Waals surface area contributed by atoms with Gasteiger partial charge in [-0.2, -0.15) is 4.98 Å². The molecule has 1 saturated heterocycles. The topological polar surface area (TPSA) is 51.0 Å². The van der Waals surface area contributed by atoms with Gasteiger partial charge < -0.3 is 9.84 Å². The lowest BCUT2D eigenvalue weighted by Crippen LogP contribution is -2.29. The van der Waals surface area contributed by atoms with Gasteiger partial charge in [0.25, 0.3) is 0 Å². The monoisotopic (exact) mass is 249 g/mol. The maximum atomic E-state index is 5.34. The molecule has 1 N–H and O–H groups in total. The minimum Gasteiger partial charge on any atom is -0.339 e. The predicted octanol–water partition coefficient (Wildman–Crippen LogP) is 2.34. The molecular formula is C14H23N3O. The third kappa shape index (κ3) is 3.10. The van der Waals surface area contributed by atoms with E-state index >= 15 is 0 Å². The Hall–Kier alpha value is -0.900. The zero-order chi connectivity index (χ0) is 12.2. The predicted molar refractivity (Wildman–Crippen MR) is 69.3 cm³/mol. The smallest absolute Gasteiger partial charge is 0.226 e. The highest BCUT2D eigenvalue weighted by Gasteiger charge is 2.21. The van der Waals surface area contributed by atoms with Crippen molar-refractivity contribution in [3.05, 3.63) is 11.7 Å². The molecule has 2 aliphatic rings. The van der Waals surface area contributed by atoms with Crippen molar-refractivity contribution in [2.75, 3.05) is 13.1 Å². The number of piperidine rings is 1. The highest BCUT2D eigenvalue weighted by molar-refractivity contribution is 4.91. The summed E-state index contributed by atoms with van der Waals surface area (Å²) in [7, 11) is 0. The minimum absolute atomic E-state index is 0.792. The molecule has 3 rings (SSSR count). The van der Waals surface area contributed by atoms with Gasteiger partial charge in [-0.15, -0.1) is 0 Å². The third-order valence-electron chi connectivity index (χ3n) is 4.37. The molecule has 0 spiro atoms. The average molecular weight is 249 g/mol. The Labute approximate surface area is 109 Å². The van der Waals surface area contributed by atoms with E-state index in [0.717, 1.165) is 42.9 Å². The van der Waals surface area contributed by atoms with E-state index in [-0.39, 0.29) is 0 Å². The molecule has 100 valence electrons. The van der Waals surface area contributed by atoms with Gasteiger partial charge in [0, 0.05) is 12.8 Å². The van der Waals surface area contributed by atoms with Crippen LogP contribution >= 0.6 is 0 Å². The van der Waals surface area contributed by atoms with Crippen molar-refractivity contribution in [3.8, 4) is 0 Å². The summed E-state index contributed by atoms with van der Waals surface area (Å²) in [6.45, 7) is 2.34. The Morgan fingerprint density at radius 3 is 2.78 bits per heavy atom. The number of nitrogens with zero attached hydrogens (tertiary/aromatic N) is 2. The molecule has 1 aromatic rings. The van der Waals surface area contributed by atoms with Crippen molar-refractivity contribution < 1.29 is 4.52 Å². The Balaban J connectivity index is 1.44. The second-order valence-electron chi connectivity index (χ2n) is 5.86. The summed E-state index contributed by atoms with van der Waals surface area (Å²) in [6.07, 6.45) is 9.87. The van der Waals surface area contributed by atoms with E-state index in [2.05, 4.69) is 15.5 Å². The van der Waals surface area contributed by atoms with Crippen LogP contribution < -0.4 is 5.32 Å². The molecule has 1 saturated carbocycles. The Morgan fingerprint density at radius 2 is 2.06 bits per heavy atom. The fraction of sp³-hybridized carbons (Fsp3) is 0.857. The second-order valence-corrected chi connectivity index (χ2v) is 5.86. The lowest BCUT2D eigenvalue weighted by atomic mass is 9.83. The molecule has 2 heterocycles. The maximum absolute atomic E-state index is 5.34. The zero-order valence-corrected chi connectivity index (χ0v) is 11.0. The highest BCUT2D eigenvalue weighted by atomic mass is 16.5. The first-order valence-electron chi connectivity index (χ1n) is 7.42. The first-order chi connectivity index (χ1) is 8.90. The van der Waals surface area contributed by atoms with Gasteiger partial charge in [0.05, 0.1) is 0 Å². The Kier molecular flexibility index (Phi) is 3.93. The molecule has 0 aromatic carbocycles. The van der Waals surface area contributed by atoms with Crippen molar-refractivity contribution in [3.63, 3.8) is 0 Å². The molecule has 0 amide bonds. The molecule has 1 aliphatic heterocycles. The number of rotatable bonds is 5. The normalized spacial score (nSPS) is 25.0. The average Bonchev–Trinajstić information content (AvgIpc) is 2.81. The summed E-state index contributed by atoms with van der Waals surface area (Å²) in [5.41, 5.74) is 0. The first kappa shape index (κ1) is 12.2. The molecular weight excluding hydrogens is 226 g/mol. The fourth-order valence-electron chi connectivity index (χ4n) is 2.93. The number of aryl methyl sites for hydroxylation is 1. The van der Waals surface area contributed by atoms with E-state index in [9.17, 15) is 0 Å². The SMILES string of the molecule is C1CNCC(CCc2nc(CC3CCC3)no2)C1. The summed E-state index contributed by atoms with van der Waals surface area (Å²) in [5.74, 6) is 3.38. The summed E-state index contributed by atoms with van der Waals surface area (Å²) in [6, 6.07) is 0. The van der Waals surface area contributed by atoms with Crippen molar-refractivity contribution >= 4 is 0 Å². The molecule has 1 atom stereocenters. The van der Waals surface area contributed by atoms with Gasteiger partial charge in [0.1, 0.15) is 0 Å². The fourth-order valence-corrected chi connectivity index (χ4v) is 2.93. The summed E-state index contributed by atoms with van der Waals surface area (Å²) >= 11 is 0. The lowest BCUT2D eigenvalue weighted by molar-refractivity contribution is 0.300. The van der Waals surface area contributed by atoms with Crippen LogP contribution in [0.5, 0.6) is 0 Å². The number of aromatic nitrogens is 2. The molecule has 1 aromatic heterocycles. The third-order valence-corrected chi connectivity index (χ3v) is 4.37. The first-order valence-corrected chi connectivity index (χ1v) is 7.42. The molecule has 2 fully saturated rings. The standard InChI is InChI=1S/C14H23N3O/c1-3-11(4-1)9-13-16-14(18-17-13)7-6-12-5-2-8-15-10-12/h11-12,15H,1-10H2. The van der Waals surface area contributed by atoms with Crippen molar-refractivity contribution in [2.45, 2.75) is 51.4 Å². The molecule has 4 heteroatoms. The molecule has 0 radical (unpaired) electrons. The zero-order valence-electron chi connectivity index (χ0n) is 11.0. The van der Waals surface area contributed by atoms with Crippen molar-refractivity contribution in [2.24, 2.45) is 11.8 Å². The summed E-state index contributed by atoms with van der Waals surface area (Å²) in [5, 5.41) is 7.55.